The Balaban J connectivity index is 2.03. The maximum absolute atomic E-state index is 13.3. The molecule has 3 rings (SSSR count). The Hall–Kier alpha value is -2.90. The summed E-state index contributed by atoms with van der Waals surface area (Å²) in [7, 11) is 3.92. The predicted octanol–water partition coefficient (Wildman–Crippen LogP) is 4.53. The van der Waals surface area contributed by atoms with Crippen molar-refractivity contribution in [1.82, 2.24) is 19.4 Å². The van der Waals surface area contributed by atoms with Crippen molar-refractivity contribution in [2.24, 2.45) is 0 Å². The zero-order valence-electron chi connectivity index (χ0n) is 19.2. The molecule has 0 saturated carbocycles. The van der Waals surface area contributed by atoms with Crippen LogP contribution in [0.2, 0.25) is 5.02 Å². The topological polar surface area (TPSA) is 70.5 Å². The first-order chi connectivity index (χ1) is 15.2. The van der Waals surface area contributed by atoms with Gasteiger partial charge in [0.05, 0.1) is 16.9 Å². The fraction of sp³-hybridized carbons (Fsp3) is 0.375. The second kappa shape index (κ2) is 10.1. The normalized spacial score (nSPS) is 12.2. The molecule has 0 spiro atoms. The van der Waals surface area contributed by atoms with Crippen molar-refractivity contribution in [3.8, 4) is 0 Å². The standard InChI is InChI=1S/C24H30ClN5O2/c1-6-29-22(27-21-15-18(25)10-11-20(21)23(29)31)17(3)30(13-12-28(4)5)24(32)26-19-9-7-8-16(2)14-19/h7-11,14-15,17H,6,12-13H2,1-5H3,(H,26,32). The van der Waals surface area contributed by atoms with E-state index in [0.717, 1.165) is 11.3 Å². The monoisotopic (exact) mass is 455 g/mol. The van der Waals surface area contributed by atoms with Crippen LogP contribution in [0, 0.1) is 6.92 Å². The maximum atomic E-state index is 13.3. The highest BCUT2D eigenvalue weighted by molar-refractivity contribution is 6.31. The van der Waals surface area contributed by atoms with Gasteiger partial charge in [-0.1, -0.05) is 23.7 Å². The van der Waals surface area contributed by atoms with Gasteiger partial charge in [-0.05, 0) is 70.8 Å². The third kappa shape index (κ3) is 5.29. The summed E-state index contributed by atoms with van der Waals surface area (Å²) < 4.78 is 1.63. The zero-order chi connectivity index (χ0) is 23.4. The van der Waals surface area contributed by atoms with E-state index in [-0.39, 0.29) is 11.6 Å². The van der Waals surface area contributed by atoms with Gasteiger partial charge in [0.1, 0.15) is 5.82 Å². The summed E-state index contributed by atoms with van der Waals surface area (Å²) in [5, 5.41) is 4.01. The molecular formula is C24H30ClN5O2. The Kier molecular flexibility index (Phi) is 7.53. The minimum atomic E-state index is -0.434. The first-order valence-electron chi connectivity index (χ1n) is 10.7. The highest BCUT2D eigenvalue weighted by Crippen LogP contribution is 2.23. The van der Waals surface area contributed by atoms with E-state index in [2.05, 4.69) is 5.32 Å². The van der Waals surface area contributed by atoms with Crippen molar-refractivity contribution >= 4 is 34.2 Å². The Morgan fingerprint density at radius 2 is 1.94 bits per heavy atom. The van der Waals surface area contributed by atoms with Crippen molar-refractivity contribution in [3.05, 3.63) is 69.2 Å². The Morgan fingerprint density at radius 1 is 1.19 bits per heavy atom. The molecular weight excluding hydrogens is 426 g/mol. The number of likely N-dealkylation sites (N-methyl/N-ethyl adjacent to an activating group) is 1. The molecule has 2 amide bonds. The Morgan fingerprint density at radius 3 is 2.59 bits per heavy atom. The van der Waals surface area contributed by atoms with E-state index in [1.807, 2.05) is 64.0 Å². The number of rotatable bonds is 7. The summed E-state index contributed by atoms with van der Waals surface area (Å²) in [5.41, 5.74) is 2.18. The minimum absolute atomic E-state index is 0.136. The van der Waals surface area contributed by atoms with Gasteiger partial charge in [0, 0.05) is 30.3 Å². The molecule has 1 heterocycles. The van der Waals surface area contributed by atoms with Crippen LogP contribution in [0.15, 0.2) is 47.3 Å². The summed E-state index contributed by atoms with van der Waals surface area (Å²) in [5.74, 6) is 0.533. The molecule has 0 aliphatic heterocycles. The third-order valence-corrected chi connectivity index (χ3v) is 5.66. The number of hydrogen-bond acceptors (Lipinski definition) is 4. The second-order valence-electron chi connectivity index (χ2n) is 8.15. The first-order valence-corrected chi connectivity index (χ1v) is 11.1. The third-order valence-electron chi connectivity index (χ3n) is 5.42. The van der Waals surface area contributed by atoms with Crippen LogP contribution in [-0.2, 0) is 6.54 Å². The number of halogens is 1. The predicted molar refractivity (Wildman–Crippen MR) is 131 cm³/mol. The smallest absolute Gasteiger partial charge is 0.313 e. The van der Waals surface area contributed by atoms with Gasteiger partial charge in [0.25, 0.3) is 5.56 Å². The van der Waals surface area contributed by atoms with Gasteiger partial charge in [-0.15, -0.1) is 0 Å². The molecule has 0 bridgehead atoms. The molecule has 170 valence electrons. The number of carbonyl (C=O) groups is 1. The molecule has 1 N–H and O–H groups in total. The molecule has 2 aromatic carbocycles. The van der Waals surface area contributed by atoms with E-state index in [9.17, 15) is 9.59 Å². The van der Waals surface area contributed by atoms with E-state index in [0.29, 0.717) is 41.4 Å². The van der Waals surface area contributed by atoms with Gasteiger partial charge >= 0.3 is 6.03 Å². The van der Waals surface area contributed by atoms with Crippen LogP contribution in [-0.4, -0.2) is 52.6 Å². The molecule has 0 aliphatic carbocycles. The summed E-state index contributed by atoms with van der Waals surface area (Å²) in [6, 6.07) is 12.1. The lowest BCUT2D eigenvalue weighted by Crippen LogP contribution is -2.43. The van der Waals surface area contributed by atoms with E-state index in [4.69, 9.17) is 16.6 Å². The molecule has 3 aromatic rings. The first kappa shape index (κ1) is 23.8. The SMILES string of the molecule is CCn1c(C(C)N(CCN(C)C)C(=O)Nc2cccc(C)c2)nc2cc(Cl)ccc2c1=O. The number of nitrogens with one attached hydrogen (secondary N) is 1. The molecule has 1 aromatic heterocycles. The van der Waals surface area contributed by atoms with Gasteiger partial charge in [0.15, 0.2) is 0 Å². The number of aromatic nitrogens is 2. The van der Waals surface area contributed by atoms with Crippen LogP contribution in [0.1, 0.15) is 31.3 Å². The molecule has 0 fully saturated rings. The lowest BCUT2D eigenvalue weighted by molar-refractivity contribution is 0.180. The number of aryl methyl sites for hydroxylation is 1. The van der Waals surface area contributed by atoms with E-state index in [1.165, 1.54) is 0 Å². The maximum Gasteiger partial charge on any atom is 0.322 e. The van der Waals surface area contributed by atoms with Gasteiger partial charge < -0.3 is 15.1 Å². The Labute approximate surface area is 193 Å². The van der Waals surface area contributed by atoms with Crippen LogP contribution < -0.4 is 10.9 Å². The summed E-state index contributed by atoms with van der Waals surface area (Å²) in [6.07, 6.45) is 0. The second-order valence-corrected chi connectivity index (χ2v) is 8.59. The average Bonchev–Trinajstić information content (AvgIpc) is 2.73. The van der Waals surface area contributed by atoms with Gasteiger partial charge in [0.2, 0.25) is 0 Å². The number of nitrogens with zero attached hydrogens (tertiary/aromatic N) is 4. The molecule has 0 saturated heterocycles. The number of amides is 2. The Bertz CT molecular complexity index is 1170. The van der Waals surface area contributed by atoms with Crippen LogP contribution in [0.5, 0.6) is 0 Å². The van der Waals surface area contributed by atoms with Crippen molar-refractivity contribution in [1.29, 1.82) is 0 Å². The molecule has 7 nitrogen and oxygen atoms in total. The zero-order valence-corrected chi connectivity index (χ0v) is 20.0. The van der Waals surface area contributed by atoms with Crippen LogP contribution in [0.4, 0.5) is 10.5 Å². The highest BCUT2D eigenvalue weighted by Gasteiger charge is 2.26. The molecule has 0 aliphatic rings. The fourth-order valence-electron chi connectivity index (χ4n) is 3.67. The minimum Gasteiger partial charge on any atom is -0.313 e. The quantitative estimate of drug-likeness (QED) is 0.568. The van der Waals surface area contributed by atoms with Gasteiger partial charge in [-0.2, -0.15) is 0 Å². The largest absolute Gasteiger partial charge is 0.322 e. The number of hydrogen-bond donors (Lipinski definition) is 1. The van der Waals surface area contributed by atoms with Crippen molar-refractivity contribution in [2.45, 2.75) is 33.4 Å². The summed E-state index contributed by atoms with van der Waals surface area (Å²) in [4.78, 5) is 34.9. The van der Waals surface area contributed by atoms with E-state index >= 15 is 0 Å². The van der Waals surface area contributed by atoms with Gasteiger partial charge in [-0.3, -0.25) is 9.36 Å². The average molecular weight is 456 g/mol. The number of benzene rings is 2. The molecule has 1 unspecified atom stereocenters. The lowest BCUT2D eigenvalue weighted by Gasteiger charge is -2.31. The number of fused-ring (bicyclic) bond motifs is 1. The summed E-state index contributed by atoms with van der Waals surface area (Å²) in [6.45, 7) is 7.37. The van der Waals surface area contributed by atoms with Crippen LogP contribution >= 0.6 is 11.6 Å². The van der Waals surface area contributed by atoms with E-state index < -0.39 is 6.04 Å². The van der Waals surface area contributed by atoms with Crippen molar-refractivity contribution in [3.63, 3.8) is 0 Å². The number of anilines is 1. The van der Waals surface area contributed by atoms with Crippen molar-refractivity contribution in [2.75, 3.05) is 32.5 Å². The number of urea groups is 1. The van der Waals surface area contributed by atoms with Crippen LogP contribution in [0.3, 0.4) is 0 Å². The van der Waals surface area contributed by atoms with Crippen molar-refractivity contribution < 1.29 is 4.79 Å². The van der Waals surface area contributed by atoms with E-state index in [1.54, 1.807) is 27.7 Å². The lowest BCUT2D eigenvalue weighted by atomic mass is 10.2. The molecule has 8 heteroatoms. The number of carbonyl (C=O) groups excluding carboxylic acids is 1. The highest BCUT2D eigenvalue weighted by atomic mass is 35.5. The molecule has 32 heavy (non-hydrogen) atoms. The molecule has 0 radical (unpaired) electrons. The summed E-state index contributed by atoms with van der Waals surface area (Å²) >= 11 is 6.15. The van der Waals surface area contributed by atoms with Gasteiger partial charge in [-0.25, -0.2) is 9.78 Å². The van der Waals surface area contributed by atoms with Crippen LogP contribution in [0.25, 0.3) is 10.9 Å². The molecule has 1 atom stereocenters. The fourth-order valence-corrected chi connectivity index (χ4v) is 3.84.